The number of rotatable bonds is 5. The predicted molar refractivity (Wildman–Crippen MR) is 104 cm³/mol. The molecule has 1 N–H and O–H groups in total. The Morgan fingerprint density at radius 1 is 1.23 bits per heavy atom. The number of likely N-dealkylation sites (N-methyl/N-ethyl adjacent to an activating group) is 1. The first-order valence-corrected chi connectivity index (χ1v) is 9.63. The Morgan fingerprint density at radius 3 is 2.27 bits per heavy atom. The lowest BCUT2D eigenvalue weighted by atomic mass is 9.84. The largest absolute Gasteiger partial charge is 0.333 e. The van der Waals surface area contributed by atoms with Crippen LogP contribution in [0.3, 0.4) is 0 Å². The number of carbonyl (C=O) groups is 2. The molecule has 0 atom stereocenters. The first-order valence-electron chi connectivity index (χ1n) is 9.63. The van der Waals surface area contributed by atoms with E-state index in [1.165, 1.54) is 0 Å². The van der Waals surface area contributed by atoms with Gasteiger partial charge in [0.25, 0.3) is 0 Å². The molecule has 1 aliphatic carbocycles. The summed E-state index contributed by atoms with van der Waals surface area (Å²) in [5.41, 5.74) is 0.574. The van der Waals surface area contributed by atoms with Gasteiger partial charge >= 0.3 is 0 Å². The molecule has 0 aromatic carbocycles. The van der Waals surface area contributed by atoms with Gasteiger partial charge in [-0.05, 0) is 40.5 Å². The molecule has 6 heteroatoms. The van der Waals surface area contributed by atoms with E-state index < -0.39 is 0 Å². The summed E-state index contributed by atoms with van der Waals surface area (Å²) in [5.74, 6) is 0.717. The van der Waals surface area contributed by atoms with Gasteiger partial charge in [-0.3, -0.25) is 9.59 Å². The first-order chi connectivity index (χ1) is 11.9. The van der Waals surface area contributed by atoms with Crippen molar-refractivity contribution in [3.63, 3.8) is 0 Å². The zero-order valence-electron chi connectivity index (χ0n) is 17.3. The van der Waals surface area contributed by atoms with Gasteiger partial charge < -0.3 is 10.2 Å². The van der Waals surface area contributed by atoms with E-state index in [1.54, 1.807) is 4.90 Å². The SMILES string of the molecule is CCN(CC(=O)Nc1cc(C(C)(C)C)nn1C(C)(C)C)C(=O)C1CCC1. The van der Waals surface area contributed by atoms with Crippen molar-refractivity contribution in [3.05, 3.63) is 11.8 Å². The highest BCUT2D eigenvalue weighted by atomic mass is 16.2. The molecule has 0 radical (unpaired) electrons. The number of amides is 2. The molecule has 0 spiro atoms. The Kier molecular flexibility index (Phi) is 5.83. The third-order valence-corrected chi connectivity index (χ3v) is 4.86. The lowest BCUT2D eigenvalue weighted by molar-refractivity contribution is -0.140. The predicted octanol–water partition coefficient (Wildman–Crippen LogP) is 3.52. The van der Waals surface area contributed by atoms with Crippen LogP contribution in [-0.2, 0) is 20.5 Å². The lowest BCUT2D eigenvalue weighted by Crippen LogP contribution is -2.43. The van der Waals surface area contributed by atoms with E-state index in [4.69, 9.17) is 5.10 Å². The third-order valence-electron chi connectivity index (χ3n) is 4.86. The zero-order chi connectivity index (χ0) is 19.7. The molecule has 146 valence electrons. The van der Waals surface area contributed by atoms with Crippen LogP contribution in [0.1, 0.15) is 73.4 Å². The van der Waals surface area contributed by atoms with E-state index in [9.17, 15) is 9.59 Å². The van der Waals surface area contributed by atoms with Crippen LogP contribution < -0.4 is 5.32 Å². The summed E-state index contributed by atoms with van der Waals surface area (Å²) in [4.78, 5) is 26.7. The van der Waals surface area contributed by atoms with E-state index >= 15 is 0 Å². The van der Waals surface area contributed by atoms with Crippen molar-refractivity contribution in [2.45, 2.75) is 78.7 Å². The van der Waals surface area contributed by atoms with Crippen LogP contribution in [0.2, 0.25) is 0 Å². The second-order valence-electron chi connectivity index (χ2n) is 9.28. The summed E-state index contributed by atoms with van der Waals surface area (Å²) in [6.07, 6.45) is 3.01. The average Bonchev–Trinajstić information content (AvgIpc) is 2.86. The van der Waals surface area contributed by atoms with Crippen LogP contribution in [0.15, 0.2) is 6.07 Å². The van der Waals surface area contributed by atoms with Gasteiger partial charge in [0.15, 0.2) is 0 Å². The molecule has 2 rings (SSSR count). The highest BCUT2D eigenvalue weighted by Crippen LogP contribution is 2.29. The van der Waals surface area contributed by atoms with E-state index in [0.717, 1.165) is 25.0 Å². The van der Waals surface area contributed by atoms with Crippen molar-refractivity contribution in [3.8, 4) is 0 Å². The van der Waals surface area contributed by atoms with Gasteiger partial charge in [0.1, 0.15) is 5.82 Å². The molecule has 6 nitrogen and oxygen atoms in total. The highest BCUT2D eigenvalue weighted by Gasteiger charge is 2.30. The summed E-state index contributed by atoms with van der Waals surface area (Å²) in [5, 5.41) is 7.68. The number of aromatic nitrogens is 2. The second kappa shape index (κ2) is 7.41. The number of hydrogen-bond donors (Lipinski definition) is 1. The molecule has 1 fully saturated rings. The number of nitrogens with zero attached hydrogens (tertiary/aromatic N) is 3. The van der Waals surface area contributed by atoms with Crippen LogP contribution in [-0.4, -0.2) is 39.6 Å². The number of anilines is 1. The van der Waals surface area contributed by atoms with Gasteiger partial charge in [-0.15, -0.1) is 0 Å². The van der Waals surface area contributed by atoms with Gasteiger partial charge in [0.2, 0.25) is 11.8 Å². The van der Waals surface area contributed by atoms with Crippen molar-refractivity contribution in [1.29, 1.82) is 0 Å². The Morgan fingerprint density at radius 2 is 1.85 bits per heavy atom. The van der Waals surface area contributed by atoms with Crippen molar-refractivity contribution in [2.75, 3.05) is 18.4 Å². The van der Waals surface area contributed by atoms with Crippen LogP contribution in [0.25, 0.3) is 0 Å². The topological polar surface area (TPSA) is 67.2 Å². The fourth-order valence-electron chi connectivity index (χ4n) is 2.96. The standard InChI is InChI=1S/C20H34N4O2/c1-8-23(18(26)14-10-9-11-14)13-17(25)21-16-12-15(19(2,3)4)22-24(16)20(5,6)7/h12,14H,8-11,13H2,1-7H3,(H,21,25). The Bertz CT molecular complexity index is 660. The maximum atomic E-state index is 12.6. The molecule has 0 unspecified atom stereocenters. The highest BCUT2D eigenvalue weighted by molar-refractivity contribution is 5.94. The Balaban J connectivity index is 2.14. The molecular weight excluding hydrogens is 328 g/mol. The molecule has 1 aromatic heterocycles. The monoisotopic (exact) mass is 362 g/mol. The van der Waals surface area contributed by atoms with Crippen molar-refractivity contribution in [1.82, 2.24) is 14.7 Å². The molecule has 0 aliphatic heterocycles. The maximum absolute atomic E-state index is 12.6. The summed E-state index contributed by atoms with van der Waals surface area (Å²) >= 11 is 0. The zero-order valence-corrected chi connectivity index (χ0v) is 17.3. The van der Waals surface area contributed by atoms with E-state index in [2.05, 4.69) is 46.9 Å². The van der Waals surface area contributed by atoms with Crippen molar-refractivity contribution < 1.29 is 9.59 Å². The molecule has 1 saturated carbocycles. The molecule has 2 amide bonds. The minimum atomic E-state index is -0.252. The van der Waals surface area contributed by atoms with E-state index in [-0.39, 0.29) is 35.2 Å². The number of nitrogens with one attached hydrogen (secondary N) is 1. The van der Waals surface area contributed by atoms with Gasteiger partial charge in [0, 0.05) is 23.9 Å². The minimum absolute atomic E-state index is 0.0893. The van der Waals surface area contributed by atoms with Crippen molar-refractivity contribution >= 4 is 17.6 Å². The van der Waals surface area contributed by atoms with Crippen LogP contribution >= 0.6 is 0 Å². The average molecular weight is 363 g/mol. The lowest BCUT2D eigenvalue weighted by Gasteiger charge is -2.30. The third kappa shape index (κ3) is 4.65. The minimum Gasteiger partial charge on any atom is -0.333 e. The summed E-state index contributed by atoms with van der Waals surface area (Å²) < 4.78 is 1.86. The fraction of sp³-hybridized carbons (Fsp3) is 0.750. The quantitative estimate of drug-likeness (QED) is 0.871. The molecule has 0 bridgehead atoms. The van der Waals surface area contributed by atoms with Crippen LogP contribution in [0.5, 0.6) is 0 Å². The van der Waals surface area contributed by atoms with Crippen LogP contribution in [0.4, 0.5) is 5.82 Å². The number of hydrogen-bond acceptors (Lipinski definition) is 3. The van der Waals surface area contributed by atoms with Gasteiger partial charge in [-0.25, -0.2) is 4.68 Å². The summed E-state index contributed by atoms with van der Waals surface area (Å²) in [6.45, 7) is 15.0. The molecular formula is C20H34N4O2. The smallest absolute Gasteiger partial charge is 0.245 e. The Hall–Kier alpha value is -1.85. The van der Waals surface area contributed by atoms with Gasteiger partial charge in [0.05, 0.1) is 17.8 Å². The molecule has 1 aromatic rings. The molecule has 26 heavy (non-hydrogen) atoms. The molecule has 0 saturated heterocycles. The van der Waals surface area contributed by atoms with E-state index in [0.29, 0.717) is 12.4 Å². The van der Waals surface area contributed by atoms with Crippen molar-refractivity contribution in [2.24, 2.45) is 5.92 Å². The summed E-state index contributed by atoms with van der Waals surface area (Å²) in [7, 11) is 0. The van der Waals surface area contributed by atoms with E-state index in [1.807, 2.05) is 17.7 Å². The van der Waals surface area contributed by atoms with Gasteiger partial charge in [-0.1, -0.05) is 27.2 Å². The first kappa shape index (κ1) is 20.5. The normalized spacial score (nSPS) is 15.5. The molecule has 1 heterocycles. The fourth-order valence-corrected chi connectivity index (χ4v) is 2.96. The second-order valence-corrected chi connectivity index (χ2v) is 9.28. The van der Waals surface area contributed by atoms with Gasteiger partial charge in [-0.2, -0.15) is 5.10 Å². The van der Waals surface area contributed by atoms with Crippen LogP contribution in [0, 0.1) is 5.92 Å². The summed E-state index contributed by atoms with van der Waals surface area (Å²) in [6, 6.07) is 1.94. The Labute approximate surface area is 157 Å². The molecule has 1 aliphatic rings. The maximum Gasteiger partial charge on any atom is 0.245 e. The number of carbonyl (C=O) groups excluding carboxylic acids is 2.